The van der Waals surface area contributed by atoms with Gasteiger partial charge >= 0.3 is 0 Å². The van der Waals surface area contributed by atoms with Crippen LogP contribution in [0.2, 0.25) is 0 Å². The van der Waals surface area contributed by atoms with Gasteiger partial charge in [-0.2, -0.15) is 0 Å². The molecule has 0 aliphatic carbocycles. The van der Waals surface area contributed by atoms with Crippen LogP contribution in [0.5, 0.6) is 0 Å². The number of halogens is 4. The van der Waals surface area contributed by atoms with E-state index in [4.69, 9.17) is 0 Å². The molecular formula is C15H13Br3FN. The highest BCUT2D eigenvalue weighted by atomic mass is 79.9. The molecule has 0 aromatic heterocycles. The lowest BCUT2D eigenvalue weighted by molar-refractivity contribution is 0.607. The fourth-order valence-electron chi connectivity index (χ4n) is 2.04. The maximum absolute atomic E-state index is 13.4. The molecular weight excluding hydrogens is 453 g/mol. The molecule has 0 aliphatic rings. The van der Waals surface area contributed by atoms with Gasteiger partial charge in [0, 0.05) is 8.95 Å². The zero-order valence-electron chi connectivity index (χ0n) is 10.8. The normalized spacial score (nSPS) is 12.4. The Hall–Kier alpha value is -0.230. The molecule has 0 saturated heterocycles. The van der Waals surface area contributed by atoms with Crippen molar-refractivity contribution in [1.82, 2.24) is 5.32 Å². The van der Waals surface area contributed by atoms with E-state index in [1.54, 1.807) is 6.07 Å². The van der Waals surface area contributed by atoms with Crippen molar-refractivity contribution in [2.75, 3.05) is 6.54 Å². The van der Waals surface area contributed by atoms with E-state index in [0.29, 0.717) is 4.47 Å². The molecule has 1 nitrogen and oxygen atoms in total. The Morgan fingerprint density at radius 3 is 2.45 bits per heavy atom. The van der Waals surface area contributed by atoms with Crippen LogP contribution in [0.15, 0.2) is 49.8 Å². The molecule has 5 heteroatoms. The van der Waals surface area contributed by atoms with Crippen molar-refractivity contribution in [1.29, 1.82) is 0 Å². The summed E-state index contributed by atoms with van der Waals surface area (Å²) in [6.45, 7) is 2.87. The molecule has 0 spiro atoms. The average Bonchev–Trinajstić information content (AvgIpc) is 2.42. The topological polar surface area (TPSA) is 12.0 Å². The third kappa shape index (κ3) is 3.70. The molecule has 0 amide bonds. The first kappa shape index (κ1) is 16.1. The monoisotopic (exact) mass is 463 g/mol. The Bertz CT molecular complexity index is 616. The Kier molecular flexibility index (Phi) is 5.78. The zero-order valence-corrected chi connectivity index (χ0v) is 15.5. The maximum Gasteiger partial charge on any atom is 0.137 e. The first-order valence-electron chi connectivity index (χ1n) is 6.16. The quantitative estimate of drug-likeness (QED) is 0.600. The van der Waals surface area contributed by atoms with E-state index in [1.165, 1.54) is 6.07 Å². The van der Waals surface area contributed by atoms with Crippen LogP contribution in [0.25, 0.3) is 0 Å². The van der Waals surface area contributed by atoms with Crippen molar-refractivity contribution in [2.45, 2.75) is 13.0 Å². The summed E-state index contributed by atoms with van der Waals surface area (Å²) in [6.07, 6.45) is 0. The van der Waals surface area contributed by atoms with Crippen LogP contribution < -0.4 is 5.32 Å². The van der Waals surface area contributed by atoms with Gasteiger partial charge in [-0.05, 0) is 63.9 Å². The Balaban J connectivity index is 2.49. The molecule has 0 bridgehead atoms. The second-order valence-corrected chi connectivity index (χ2v) is 6.95. The van der Waals surface area contributed by atoms with Gasteiger partial charge in [0.05, 0.1) is 10.5 Å². The lowest BCUT2D eigenvalue weighted by Gasteiger charge is -2.21. The van der Waals surface area contributed by atoms with Gasteiger partial charge in [-0.3, -0.25) is 0 Å². The first-order valence-corrected chi connectivity index (χ1v) is 8.54. The van der Waals surface area contributed by atoms with Crippen LogP contribution in [0, 0.1) is 5.82 Å². The van der Waals surface area contributed by atoms with Crippen molar-refractivity contribution in [3.05, 3.63) is 66.8 Å². The lowest BCUT2D eigenvalue weighted by atomic mass is 9.98. The summed E-state index contributed by atoms with van der Waals surface area (Å²) in [7, 11) is 0. The number of nitrogens with one attached hydrogen (secondary N) is 1. The molecule has 0 heterocycles. The van der Waals surface area contributed by atoms with E-state index in [2.05, 4.69) is 66.1 Å². The smallest absolute Gasteiger partial charge is 0.137 e. The second-order valence-electron chi connectivity index (χ2n) is 4.33. The van der Waals surface area contributed by atoms with Crippen LogP contribution >= 0.6 is 47.8 Å². The molecule has 1 N–H and O–H groups in total. The highest BCUT2D eigenvalue weighted by Gasteiger charge is 2.17. The summed E-state index contributed by atoms with van der Waals surface area (Å²) < 4.78 is 15.9. The SMILES string of the molecule is CCNC(c1ccc(F)c(Br)c1)c1cc(Br)ccc1Br. The highest BCUT2D eigenvalue weighted by Crippen LogP contribution is 2.32. The fraction of sp³-hybridized carbons (Fsp3) is 0.200. The minimum absolute atomic E-state index is 0.00350. The molecule has 2 aromatic carbocycles. The van der Waals surface area contributed by atoms with Crippen molar-refractivity contribution < 1.29 is 4.39 Å². The summed E-state index contributed by atoms with van der Waals surface area (Å²) in [5.41, 5.74) is 2.12. The van der Waals surface area contributed by atoms with E-state index in [1.807, 2.05) is 18.2 Å². The van der Waals surface area contributed by atoms with E-state index in [9.17, 15) is 4.39 Å². The summed E-state index contributed by atoms with van der Waals surface area (Å²) in [5, 5.41) is 3.44. The molecule has 0 aliphatic heterocycles. The van der Waals surface area contributed by atoms with Crippen LogP contribution in [0.1, 0.15) is 24.1 Å². The summed E-state index contributed by atoms with van der Waals surface area (Å²) >= 11 is 10.3. The first-order chi connectivity index (χ1) is 9.52. The van der Waals surface area contributed by atoms with Crippen LogP contribution in [0.4, 0.5) is 4.39 Å². The maximum atomic E-state index is 13.4. The minimum atomic E-state index is -0.252. The Morgan fingerprint density at radius 1 is 1.05 bits per heavy atom. The second kappa shape index (κ2) is 7.16. The van der Waals surface area contributed by atoms with Gasteiger partial charge in [0.25, 0.3) is 0 Å². The Morgan fingerprint density at radius 2 is 1.80 bits per heavy atom. The van der Waals surface area contributed by atoms with Gasteiger partial charge in [0.1, 0.15) is 5.82 Å². The zero-order chi connectivity index (χ0) is 14.7. The molecule has 2 rings (SSSR count). The molecule has 0 fully saturated rings. The molecule has 0 radical (unpaired) electrons. The average molecular weight is 466 g/mol. The predicted octanol–water partition coefficient (Wildman–Crippen LogP) is 5.81. The van der Waals surface area contributed by atoms with Gasteiger partial charge in [0.15, 0.2) is 0 Å². The minimum Gasteiger partial charge on any atom is -0.306 e. The van der Waals surface area contributed by atoms with Crippen molar-refractivity contribution in [3.8, 4) is 0 Å². The number of hydrogen-bond donors (Lipinski definition) is 1. The third-order valence-electron chi connectivity index (χ3n) is 2.95. The van der Waals surface area contributed by atoms with Gasteiger partial charge in [-0.25, -0.2) is 4.39 Å². The molecule has 20 heavy (non-hydrogen) atoms. The third-order valence-corrected chi connectivity index (χ3v) is 4.78. The van der Waals surface area contributed by atoms with E-state index in [0.717, 1.165) is 26.6 Å². The molecule has 0 saturated carbocycles. The predicted molar refractivity (Wildman–Crippen MR) is 91.5 cm³/mol. The largest absolute Gasteiger partial charge is 0.306 e. The van der Waals surface area contributed by atoms with Crippen LogP contribution in [-0.2, 0) is 0 Å². The molecule has 1 atom stereocenters. The molecule has 1 unspecified atom stereocenters. The van der Waals surface area contributed by atoms with E-state index < -0.39 is 0 Å². The number of benzene rings is 2. The Labute approximate surface area is 143 Å². The van der Waals surface area contributed by atoms with Gasteiger partial charge in [-0.15, -0.1) is 0 Å². The van der Waals surface area contributed by atoms with Gasteiger partial charge in [-0.1, -0.05) is 44.8 Å². The van der Waals surface area contributed by atoms with Crippen molar-refractivity contribution in [3.63, 3.8) is 0 Å². The highest BCUT2D eigenvalue weighted by molar-refractivity contribution is 9.11. The number of rotatable bonds is 4. The molecule has 2 aromatic rings. The van der Waals surface area contributed by atoms with E-state index in [-0.39, 0.29) is 11.9 Å². The van der Waals surface area contributed by atoms with Gasteiger partial charge < -0.3 is 5.32 Å². The van der Waals surface area contributed by atoms with E-state index >= 15 is 0 Å². The summed E-state index contributed by atoms with van der Waals surface area (Å²) in [6, 6.07) is 11.2. The summed E-state index contributed by atoms with van der Waals surface area (Å²) in [5.74, 6) is -0.252. The fourth-order valence-corrected chi connectivity index (χ4v) is 3.29. The molecule has 106 valence electrons. The lowest BCUT2D eigenvalue weighted by Crippen LogP contribution is -2.22. The van der Waals surface area contributed by atoms with Gasteiger partial charge in [0.2, 0.25) is 0 Å². The van der Waals surface area contributed by atoms with Crippen LogP contribution in [0.3, 0.4) is 0 Å². The number of hydrogen-bond acceptors (Lipinski definition) is 1. The van der Waals surface area contributed by atoms with Crippen LogP contribution in [-0.4, -0.2) is 6.54 Å². The summed E-state index contributed by atoms with van der Waals surface area (Å²) in [4.78, 5) is 0. The van der Waals surface area contributed by atoms with Crippen molar-refractivity contribution >= 4 is 47.8 Å². The van der Waals surface area contributed by atoms with Crippen molar-refractivity contribution in [2.24, 2.45) is 0 Å². The standard InChI is InChI=1S/C15H13Br3FN/c1-2-20-15(9-3-6-14(19)13(18)7-9)11-8-10(16)4-5-12(11)17/h3-8,15,20H,2H2,1H3.